The molecule has 0 saturated heterocycles. The van der Waals surface area contributed by atoms with Gasteiger partial charge in [0.05, 0.1) is 18.2 Å². The fourth-order valence-electron chi connectivity index (χ4n) is 1.90. The van der Waals surface area contributed by atoms with Gasteiger partial charge < -0.3 is 4.90 Å². The second kappa shape index (κ2) is 7.57. The first-order chi connectivity index (χ1) is 9.12. The molecule has 0 atom stereocenters. The second-order valence-electron chi connectivity index (χ2n) is 4.53. The zero-order chi connectivity index (χ0) is 14.3. The van der Waals surface area contributed by atoms with Gasteiger partial charge in [-0.15, -0.1) is 0 Å². The molecule has 0 spiro atoms. The van der Waals surface area contributed by atoms with Gasteiger partial charge in [0.2, 0.25) is 5.91 Å². The molecule has 0 unspecified atom stereocenters. The van der Waals surface area contributed by atoms with Crippen LogP contribution in [-0.4, -0.2) is 34.2 Å². The van der Waals surface area contributed by atoms with Crippen LogP contribution in [-0.2, 0) is 24.2 Å². The number of carbonyl (C=O) groups is 1. The average Bonchev–Trinajstić information content (AvgIpc) is 2.84. The molecule has 0 radical (unpaired) electrons. The summed E-state index contributed by atoms with van der Waals surface area (Å²) in [6.07, 6.45) is 2.64. The van der Waals surface area contributed by atoms with Crippen molar-refractivity contribution in [1.82, 2.24) is 14.7 Å². The first-order valence-corrected chi connectivity index (χ1v) is 6.78. The first kappa shape index (κ1) is 15.2. The summed E-state index contributed by atoms with van der Waals surface area (Å²) in [4.78, 5) is 13.5. The fourth-order valence-corrected chi connectivity index (χ4v) is 1.90. The van der Waals surface area contributed by atoms with Crippen molar-refractivity contribution < 1.29 is 4.79 Å². The number of carbonyl (C=O) groups excluding carboxylic acids is 1. The Morgan fingerprint density at radius 3 is 2.79 bits per heavy atom. The van der Waals surface area contributed by atoms with Crippen LogP contribution in [0.25, 0.3) is 0 Å². The lowest BCUT2D eigenvalue weighted by molar-refractivity contribution is -0.130. The van der Waals surface area contributed by atoms with E-state index in [0.717, 1.165) is 18.5 Å². The molecule has 19 heavy (non-hydrogen) atoms. The molecule has 5 heteroatoms. The van der Waals surface area contributed by atoms with Gasteiger partial charge in [0.25, 0.3) is 0 Å². The average molecular weight is 262 g/mol. The van der Waals surface area contributed by atoms with Crippen LogP contribution in [0.5, 0.6) is 0 Å². The zero-order valence-corrected chi connectivity index (χ0v) is 12.0. The van der Waals surface area contributed by atoms with Crippen molar-refractivity contribution in [2.75, 3.05) is 13.6 Å². The molecule has 0 aromatic carbocycles. The summed E-state index contributed by atoms with van der Waals surface area (Å²) in [6.45, 7) is 5.27. The Hall–Kier alpha value is -1.83. The topological polar surface area (TPSA) is 61.9 Å². The van der Waals surface area contributed by atoms with Gasteiger partial charge in [-0.25, -0.2) is 0 Å². The third kappa shape index (κ3) is 4.40. The Morgan fingerprint density at radius 1 is 1.47 bits per heavy atom. The lowest BCUT2D eigenvalue weighted by Gasteiger charge is -2.15. The van der Waals surface area contributed by atoms with E-state index < -0.39 is 0 Å². The standard InChI is InChI=1S/C14H22N4O/c1-4-12-11-13(5-2)18(16-12)10-7-14(19)17(3)9-6-8-15/h11H,4-7,9-10H2,1-3H3. The van der Waals surface area contributed by atoms with E-state index in [4.69, 9.17) is 5.26 Å². The monoisotopic (exact) mass is 262 g/mol. The Balaban J connectivity index is 2.54. The van der Waals surface area contributed by atoms with Crippen LogP contribution < -0.4 is 0 Å². The Labute approximate surface area is 114 Å². The van der Waals surface area contributed by atoms with Crippen molar-refractivity contribution in [1.29, 1.82) is 5.26 Å². The number of aryl methyl sites for hydroxylation is 3. The van der Waals surface area contributed by atoms with E-state index in [1.807, 2.05) is 10.8 Å². The van der Waals surface area contributed by atoms with Gasteiger partial charge >= 0.3 is 0 Å². The maximum absolute atomic E-state index is 11.9. The summed E-state index contributed by atoms with van der Waals surface area (Å²) in [5.74, 6) is 0.0610. The quantitative estimate of drug-likeness (QED) is 0.752. The molecule has 1 heterocycles. The van der Waals surface area contributed by atoms with E-state index in [2.05, 4.69) is 25.0 Å². The molecule has 0 aliphatic rings. The first-order valence-electron chi connectivity index (χ1n) is 6.78. The highest BCUT2D eigenvalue weighted by atomic mass is 16.2. The Morgan fingerprint density at radius 2 is 2.21 bits per heavy atom. The van der Waals surface area contributed by atoms with Crippen LogP contribution in [0.1, 0.15) is 38.1 Å². The Kier molecular flexibility index (Phi) is 6.07. The minimum absolute atomic E-state index is 0.0610. The van der Waals surface area contributed by atoms with Crippen LogP contribution in [0.2, 0.25) is 0 Å². The van der Waals surface area contributed by atoms with Gasteiger partial charge in [-0.05, 0) is 18.9 Å². The normalized spacial score (nSPS) is 10.2. The van der Waals surface area contributed by atoms with Gasteiger partial charge in [0, 0.05) is 32.3 Å². The van der Waals surface area contributed by atoms with Crippen molar-refractivity contribution in [3.05, 3.63) is 17.5 Å². The predicted molar refractivity (Wildman–Crippen MR) is 73.5 cm³/mol. The molecule has 0 saturated carbocycles. The van der Waals surface area contributed by atoms with Crippen molar-refractivity contribution >= 4 is 5.91 Å². The van der Waals surface area contributed by atoms with Crippen molar-refractivity contribution in [3.8, 4) is 6.07 Å². The number of hydrogen-bond acceptors (Lipinski definition) is 3. The van der Waals surface area contributed by atoms with Crippen LogP contribution in [0, 0.1) is 11.3 Å². The molecule has 1 rings (SSSR count). The fraction of sp³-hybridized carbons (Fsp3) is 0.643. The SMILES string of the molecule is CCc1cc(CC)n(CCC(=O)N(C)CCC#N)n1. The summed E-state index contributed by atoms with van der Waals surface area (Å²) in [7, 11) is 1.74. The van der Waals surface area contributed by atoms with E-state index >= 15 is 0 Å². The number of aromatic nitrogens is 2. The van der Waals surface area contributed by atoms with Gasteiger partial charge in [0.1, 0.15) is 0 Å². The van der Waals surface area contributed by atoms with Gasteiger partial charge in [0.15, 0.2) is 0 Å². The second-order valence-corrected chi connectivity index (χ2v) is 4.53. The minimum Gasteiger partial charge on any atom is -0.345 e. The highest BCUT2D eigenvalue weighted by Crippen LogP contribution is 2.07. The molecular weight excluding hydrogens is 240 g/mol. The van der Waals surface area contributed by atoms with Crippen molar-refractivity contribution in [3.63, 3.8) is 0 Å². The third-order valence-corrected chi connectivity index (χ3v) is 3.16. The van der Waals surface area contributed by atoms with Gasteiger partial charge in [-0.1, -0.05) is 13.8 Å². The maximum Gasteiger partial charge on any atom is 0.224 e. The number of hydrogen-bond donors (Lipinski definition) is 0. The molecule has 0 bridgehead atoms. The maximum atomic E-state index is 11.9. The van der Waals surface area contributed by atoms with E-state index in [-0.39, 0.29) is 5.91 Å². The van der Waals surface area contributed by atoms with Gasteiger partial charge in [-0.3, -0.25) is 9.48 Å². The molecule has 1 amide bonds. The highest BCUT2D eigenvalue weighted by molar-refractivity contribution is 5.75. The smallest absolute Gasteiger partial charge is 0.224 e. The molecular formula is C14H22N4O. The highest BCUT2D eigenvalue weighted by Gasteiger charge is 2.11. The molecule has 1 aromatic heterocycles. The zero-order valence-electron chi connectivity index (χ0n) is 12.0. The molecule has 0 fully saturated rings. The summed E-state index contributed by atoms with van der Waals surface area (Å²) in [5.41, 5.74) is 2.24. The number of rotatable bonds is 7. The molecule has 0 aliphatic heterocycles. The summed E-state index contributed by atoms with van der Waals surface area (Å²) in [5, 5.41) is 13.0. The molecule has 0 N–H and O–H groups in total. The molecule has 104 valence electrons. The van der Waals surface area contributed by atoms with Crippen LogP contribution in [0.15, 0.2) is 6.07 Å². The minimum atomic E-state index is 0.0610. The van der Waals surface area contributed by atoms with Crippen molar-refractivity contribution in [2.45, 2.75) is 46.1 Å². The van der Waals surface area contributed by atoms with Gasteiger partial charge in [-0.2, -0.15) is 10.4 Å². The number of nitrogens with zero attached hydrogens (tertiary/aromatic N) is 4. The predicted octanol–water partition coefficient (Wildman–Crippen LogP) is 1.77. The third-order valence-electron chi connectivity index (χ3n) is 3.16. The van der Waals surface area contributed by atoms with E-state index in [1.165, 1.54) is 5.69 Å². The largest absolute Gasteiger partial charge is 0.345 e. The van der Waals surface area contributed by atoms with Crippen LogP contribution >= 0.6 is 0 Å². The summed E-state index contributed by atoms with van der Waals surface area (Å²) in [6, 6.07) is 4.15. The Bertz CT molecular complexity index is 459. The lowest BCUT2D eigenvalue weighted by atomic mass is 10.2. The lowest BCUT2D eigenvalue weighted by Crippen LogP contribution is -2.28. The summed E-state index contributed by atoms with van der Waals surface area (Å²) < 4.78 is 1.93. The number of amides is 1. The molecule has 0 aliphatic carbocycles. The van der Waals surface area contributed by atoms with Crippen LogP contribution in [0.3, 0.4) is 0 Å². The molecule has 5 nitrogen and oxygen atoms in total. The van der Waals surface area contributed by atoms with E-state index in [1.54, 1.807) is 11.9 Å². The summed E-state index contributed by atoms with van der Waals surface area (Å²) >= 11 is 0. The number of nitriles is 1. The van der Waals surface area contributed by atoms with Crippen LogP contribution in [0.4, 0.5) is 0 Å². The van der Waals surface area contributed by atoms with E-state index in [0.29, 0.717) is 25.9 Å². The molecule has 1 aromatic rings. The van der Waals surface area contributed by atoms with Crippen molar-refractivity contribution in [2.24, 2.45) is 0 Å². The van der Waals surface area contributed by atoms with E-state index in [9.17, 15) is 4.79 Å².